The van der Waals surface area contributed by atoms with Crippen molar-refractivity contribution in [3.05, 3.63) is 54.2 Å². The Kier molecular flexibility index (Phi) is 5.21. The van der Waals surface area contributed by atoms with Gasteiger partial charge in [-0.25, -0.2) is 18.2 Å². The van der Waals surface area contributed by atoms with Gasteiger partial charge in [0.25, 0.3) is 0 Å². The first kappa shape index (κ1) is 20.6. The van der Waals surface area contributed by atoms with E-state index in [1.807, 2.05) is 0 Å². The summed E-state index contributed by atoms with van der Waals surface area (Å²) >= 11 is 0. The number of nitrogens with one attached hydrogen (secondary N) is 1. The fourth-order valence-electron chi connectivity index (χ4n) is 4.33. The van der Waals surface area contributed by atoms with Gasteiger partial charge < -0.3 is 10.2 Å². The summed E-state index contributed by atoms with van der Waals surface area (Å²) in [6.45, 7) is 0. The maximum atomic E-state index is 12.9. The number of halogens is 3. The van der Waals surface area contributed by atoms with Crippen LogP contribution < -0.4 is 5.32 Å². The molecule has 2 saturated heterocycles. The van der Waals surface area contributed by atoms with Crippen molar-refractivity contribution in [2.24, 2.45) is 0 Å². The molecule has 0 aliphatic carbocycles. The summed E-state index contributed by atoms with van der Waals surface area (Å²) in [7, 11) is -3.59. The van der Waals surface area contributed by atoms with Gasteiger partial charge in [-0.2, -0.15) is 13.2 Å². The Morgan fingerprint density at radius 1 is 1.03 bits per heavy atom. The molecule has 2 aromatic rings. The van der Waals surface area contributed by atoms with Crippen LogP contribution in [-0.2, 0) is 16.0 Å². The highest BCUT2D eigenvalue weighted by Crippen LogP contribution is 2.40. The van der Waals surface area contributed by atoms with Crippen LogP contribution in [0.5, 0.6) is 0 Å². The van der Waals surface area contributed by atoms with E-state index in [4.69, 9.17) is 0 Å². The summed E-state index contributed by atoms with van der Waals surface area (Å²) in [5.41, 5.74) is -0.531. The zero-order valence-corrected chi connectivity index (χ0v) is 16.7. The molecule has 2 aliphatic rings. The van der Waals surface area contributed by atoms with Gasteiger partial charge in [-0.05, 0) is 62.1 Å². The molecule has 3 atom stereocenters. The van der Waals surface area contributed by atoms with E-state index in [2.05, 4.69) is 10.3 Å². The number of piperidine rings is 1. The number of pyridine rings is 1. The molecule has 6 nitrogen and oxygen atoms in total. The largest absolute Gasteiger partial charge is 0.416 e. The fraction of sp³-hybridized carbons (Fsp3) is 0.400. The van der Waals surface area contributed by atoms with Crippen molar-refractivity contribution in [1.82, 2.24) is 9.88 Å². The minimum atomic E-state index is -4.44. The first-order valence-electron chi connectivity index (χ1n) is 9.58. The Labute approximate surface area is 172 Å². The van der Waals surface area contributed by atoms with Crippen LogP contribution in [0.3, 0.4) is 0 Å². The summed E-state index contributed by atoms with van der Waals surface area (Å²) in [5.74, 6) is 0. The van der Waals surface area contributed by atoms with E-state index in [-0.39, 0.29) is 22.8 Å². The number of amides is 2. The molecule has 0 saturated carbocycles. The van der Waals surface area contributed by atoms with Gasteiger partial charge >= 0.3 is 12.2 Å². The molecule has 1 unspecified atom stereocenters. The van der Waals surface area contributed by atoms with Gasteiger partial charge in [-0.15, -0.1) is 0 Å². The maximum absolute atomic E-state index is 12.9. The highest BCUT2D eigenvalue weighted by molar-refractivity contribution is 7.92. The third-order valence-electron chi connectivity index (χ3n) is 5.76. The molecule has 160 valence electrons. The Morgan fingerprint density at radius 2 is 1.67 bits per heavy atom. The van der Waals surface area contributed by atoms with E-state index in [1.165, 1.54) is 24.4 Å². The van der Waals surface area contributed by atoms with Gasteiger partial charge in [0, 0.05) is 24.0 Å². The van der Waals surface area contributed by atoms with Gasteiger partial charge in [0.1, 0.15) is 0 Å². The molecule has 1 N–H and O–H groups in total. The van der Waals surface area contributed by atoms with Gasteiger partial charge in [-0.3, -0.25) is 0 Å². The lowest BCUT2D eigenvalue weighted by molar-refractivity contribution is -0.137. The summed E-state index contributed by atoms with van der Waals surface area (Å²) in [6.07, 6.45) is -0.985. The van der Waals surface area contributed by atoms with Gasteiger partial charge in [-0.1, -0.05) is 6.07 Å². The average Bonchev–Trinajstić information content (AvgIpc) is 2.98. The highest BCUT2D eigenvalue weighted by atomic mass is 32.2. The number of urea groups is 1. The van der Waals surface area contributed by atoms with Crippen LogP contribution in [0, 0.1) is 0 Å². The predicted molar refractivity (Wildman–Crippen MR) is 104 cm³/mol. The topological polar surface area (TPSA) is 79.4 Å². The lowest BCUT2D eigenvalue weighted by Crippen LogP contribution is -2.51. The number of benzene rings is 1. The number of hydrogen-bond donors (Lipinski definition) is 1. The molecule has 2 fully saturated rings. The number of anilines is 1. The number of carbonyl (C=O) groups is 1. The molecule has 2 amide bonds. The van der Waals surface area contributed by atoms with Crippen molar-refractivity contribution in [1.29, 1.82) is 0 Å². The fourth-order valence-corrected chi connectivity index (χ4v) is 6.10. The number of sulfone groups is 1. The number of nitrogens with zero attached hydrogens (tertiary/aromatic N) is 2. The summed E-state index contributed by atoms with van der Waals surface area (Å²) < 4.78 is 63.9. The van der Waals surface area contributed by atoms with E-state index in [1.54, 1.807) is 17.0 Å². The quantitative estimate of drug-likeness (QED) is 0.781. The van der Waals surface area contributed by atoms with Crippen LogP contribution in [0.15, 0.2) is 53.7 Å². The van der Waals surface area contributed by atoms with E-state index in [0.29, 0.717) is 25.7 Å². The molecule has 2 aliphatic heterocycles. The molecule has 0 spiro atoms. The van der Waals surface area contributed by atoms with Crippen molar-refractivity contribution in [3.8, 4) is 0 Å². The normalized spacial score (nSPS) is 24.0. The smallest absolute Gasteiger partial charge is 0.318 e. The molecule has 0 radical (unpaired) electrons. The van der Waals surface area contributed by atoms with Crippen LogP contribution in [0.1, 0.15) is 31.2 Å². The molecule has 10 heteroatoms. The van der Waals surface area contributed by atoms with Crippen molar-refractivity contribution in [2.75, 3.05) is 5.32 Å². The monoisotopic (exact) mass is 439 g/mol. The van der Waals surface area contributed by atoms with Crippen molar-refractivity contribution in [2.45, 2.75) is 54.2 Å². The van der Waals surface area contributed by atoms with Crippen LogP contribution in [-0.4, -0.2) is 41.7 Å². The molecule has 2 bridgehead atoms. The number of alkyl halides is 3. The number of hydrogen-bond acceptors (Lipinski definition) is 4. The number of fused-ring (bicyclic) bond motifs is 2. The lowest BCUT2D eigenvalue weighted by Gasteiger charge is -2.38. The third kappa shape index (κ3) is 3.88. The summed E-state index contributed by atoms with van der Waals surface area (Å²) in [5, 5.41) is 2.06. The third-order valence-corrected chi connectivity index (χ3v) is 7.84. The zero-order chi connectivity index (χ0) is 21.5. The molecule has 1 aromatic heterocycles. The van der Waals surface area contributed by atoms with E-state index in [0.717, 1.165) is 12.1 Å². The highest BCUT2D eigenvalue weighted by Gasteiger charge is 2.47. The average molecular weight is 439 g/mol. The minimum Gasteiger partial charge on any atom is -0.318 e. The zero-order valence-electron chi connectivity index (χ0n) is 15.8. The van der Waals surface area contributed by atoms with Crippen LogP contribution in [0.2, 0.25) is 0 Å². The molecule has 1 aromatic carbocycles. The first-order valence-corrected chi connectivity index (χ1v) is 11.1. The molecule has 30 heavy (non-hydrogen) atoms. The van der Waals surface area contributed by atoms with Crippen molar-refractivity contribution >= 4 is 21.6 Å². The standard InChI is InChI=1S/C20H20F3N3O3S/c21-20(22,23)13-4-6-14(7-5-13)25-19(27)26-15-8-9-16(26)12-17(11-15)30(28,29)18-3-1-2-10-24-18/h1-7,10,15-17H,8-9,11-12H2,(H,25,27)/t15-,16+,17?. The van der Waals surface area contributed by atoms with Gasteiger partial charge in [0.15, 0.2) is 14.9 Å². The SMILES string of the molecule is O=C(Nc1ccc(C(F)(F)F)cc1)N1[C@@H]2CC[C@H]1CC(S(=O)(=O)c1ccccn1)C2. The second-order valence-electron chi connectivity index (χ2n) is 7.60. The van der Waals surface area contributed by atoms with E-state index < -0.39 is 32.9 Å². The second kappa shape index (κ2) is 7.57. The molecular formula is C20H20F3N3O3S. The molecule has 3 heterocycles. The van der Waals surface area contributed by atoms with Gasteiger partial charge in [0.05, 0.1) is 10.8 Å². The Balaban J connectivity index is 1.46. The predicted octanol–water partition coefficient (Wildman–Crippen LogP) is 4.10. The summed E-state index contributed by atoms with van der Waals surface area (Å²) in [6, 6.07) is 8.10. The first-order chi connectivity index (χ1) is 14.2. The Bertz CT molecular complexity index is 1010. The van der Waals surface area contributed by atoms with Gasteiger partial charge in [0.2, 0.25) is 0 Å². The lowest BCUT2D eigenvalue weighted by atomic mass is 10.0. The van der Waals surface area contributed by atoms with Crippen LogP contribution in [0.25, 0.3) is 0 Å². The van der Waals surface area contributed by atoms with Crippen LogP contribution in [0.4, 0.5) is 23.7 Å². The second-order valence-corrected chi connectivity index (χ2v) is 9.78. The van der Waals surface area contributed by atoms with E-state index >= 15 is 0 Å². The molecular weight excluding hydrogens is 419 g/mol. The van der Waals surface area contributed by atoms with Crippen LogP contribution >= 0.6 is 0 Å². The number of carbonyl (C=O) groups excluding carboxylic acids is 1. The Morgan fingerprint density at radius 3 is 2.20 bits per heavy atom. The van der Waals surface area contributed by atoms with Crippen molar-refractivity contribution in [3.63, 3.8) is 0 Å². The number of aromatic nitrogens is 1. The summed E-state index contributed by atoms with van der Waals surface area (Å²) in [4.78, 5) is 18.4. The van der Waals surface area contributed by atoms with Crippen molar-refractivity contribution < 1.29 is 26.4 Å². The maximum Gasteiger partial charge on any atom is 0.416 e. The van der Waals surface area contributed by atoms with E-state index in [9.17, 15) is 26.4 Å². The Hall–Kier alpha value is -2.62. The minimum absolute atomic E-state index is 0.0389. The molecule has 4 rings (SSSR count). The number of rotatable bonds is 3.